The number of aromatic nitrogens is 2. The predicted octanol–water partition coefficient (Wildman–Crippen LogP) is 2.81. The normalized spacial score (nSPS) is 10.6. The van der Waals surface area contributed by atoms with E-state index in [-0.39, 0.29) is 17.1 Å². The highest BCUT2D eigenvalue weighted by molar-refractivity contribution is 5.52. The minimum atomic E-state index is -1.01. The summed E-state index contributed by atoms with van der Waals surface area (Å²) < 4.78 is 41.9. The first-order valence-electron chi connectivity index (χ1n) is 6.95. The fourth-order valence-corrected chi connectivity index (χ4v) is 2.07. The molecule has 0 spiro atoms. The van der Waals surface area contributed by atoms with Gasteiger partial charge in [0.2, 0.25) is 0 Å². The van der Waals surface area contributed by atoms with Crippen molar-refractivity contribution in [3.63, 3.8) is 0 Å². The van der Waals surface area contributed by atoms with Gasteiger partial charge in [-0.2, -0.15) is 4.68 Å². The van der Waals surface area contributed by atoms with Crippen LogP contribution in [-0.2, 0) is 0 Å². The lowest BCUT2D eigenvalue weighted by atomic mass is 10.2. The summed E-state index contributed by atoms with van der Waals surface area (Å²) in [7, 11) is 1.23. The van der Waals surface area contributed by atoms with Crippen LogP contribution in [0.15, 0.2) is 45.6 Å². The van der Waals surface area contributed by atoms with Crippen LogP contribution in [0.2, 0.25) is 0 Å². The van der Waals surface area contributed by atoms with Gasteiger partial charge in [0.25, 0.3) is 0 Å². The molecule has 0 N–H and O–H groups in total. The second kappa shape index (κ2) is 6.63. The summed E-state index contributed by atoms with van der Waals surface area (Å²) in [6, 6.07) is 6.10. The van der Waals surface area contributed by atoms with Gasteiger partial charge in [-0.1, -0.05) is 5.10 Å². The maximum absolute atomic E-state index is 13.6. The molecule has 9 nitrogen and oxygen atoms in total. The van der Waals surface area contributed by atoms with E-state index < -0.39 is 34.1 Å². The first-order valence-corrected chi connectivity index (χ1v) is 6.95. The van der Waals surface area contributed by atoms with Gasteiger partial charge in [-0.3, -0.25) is 10.1 Å². The summed E-state index contributed by atoms with van der Waals surface area (Å²) in [5, 5.41) is 14.6. The SMILES string of the molecule is COc1cc(-n2nc(Oc3ccc(F)cc3F)oc2=O)ccc1[N+](=O)[O-]. The highest BCUT2D eigenvalue weighted by Gasteiger charge is 2.19. The molecule has 0 fully saturated rings. The van der Waals surface area contributed by atoms with Crippen LogP contribution in [0.5, 0.6) is 17.6 Å². The number of methoxy groups -OCH3 is 1. The first-order chi connectivity index (χ1) is 12.4. The maximum atomic E-state index is 13.6. The molecule has 3 rings (SSSR count). The Kier molecular flexibility index (Phi) is 4.35. The molecule has 0 aliphatic heterocycles. The minimum absolute atomic E-state index is 0.0932. The zero-order valence-corrected chi connectivity index (χ0v) is 13.0. The Morgan fingerprint density at radius 1 is 1.19 bits per heavy atom. The van der Waals surface area contributed by atoms with Gasteiger partial charge >= 0.3 is 17.5 Å². The van der Waals surface area contributed by atoms with Gasteiger partial charge in [-0.05, 0) is 18.2 Å². The number of nitro groups is 1. The van der Waals surface area contributed by atoms with Crippen LogP contribution < -0.4 is 15.2 Å². The number of benzene rings is 2. The van der Waals surface area contributed by atoms with Gasteiger partial charge in [0.1, 0.15) is 5.82 Å². The van der Waals surface area contributed by atoms with Gasteiger partial charge in [0.05, 0.1) is 17.7 Å². The number of hydrogen-bond acceptors (Lipinski definition) is 7. The lowest BCUT2D eigenvalue weighted by molar-refractivity contribution is -0.385. The Morgan fingerprint density at radius 2 is 1.96 bits per heavy atom. The molecule has 26 heavy (non-hydrogen) atoms. The number of nitrogens with zero attached hydrogens (tertiary/aromatic N) is 3. The van der Waals surface area contributed by atoms with E-state index in [1.54, 1.807) is 0 Å². The van der Waals surface area contributed by atoms with Gasteiger partial charge in [0, 0.05) is 18.2 Å². The van der Waals surface area contributed by atoms with Crippen LogP contribution in [0.1, 0.15) is 0 Å². The zero-order valence-electron chi connectivity index (χ0n) is 13.0. The van der Waals surface area contributed by atoms with Crippen LogP contribution in [0.3, 0.4) is 0 Å². The molecular formula is C15H9F2N3O6. The van der Waals surface area contributed by atoms with Crippen molar-refractivity contribution in [3.05, 3.63) is 68.7 Å². The van der Waals surface area contributed by atoms with Crippen molar-refractivity contribution in [1.29, 1.82) is 0 Å². The molecule has 0 aliphatic carbocycles. The van der Waals surface area contributed by atoms with Crippen LogP contribution in [0.4, 0.5) is 14.5 Å². The molecule has 0 saturated heterocycles. The van der Waals surface area contributed by atoms with Crippen molar-refractivity contribution in [2.24, 2.45) is 0 Å². The molecule has 0 radical (unpaired) electrons. The fourth-order valence-electron chi connectivity index (χ4n) is 2.07. The van der Waals surface area contributed by atoms with Crippen LogP contribution in [0, 0.1) is 21.7 Å². The van der Waals surface area contributed by atoms with Crippen molar-refractivity contribution in [3.8, 4) is 23.3 Å². The van der Waals surface area contributed by atoms with Gasteiger partial charge in [0.15, 0.2) is 17.3 Å². The first kappa shape index (κ1) is 17.1. The van der Waals surface area contributed by atoms with Crippen molar-refractivity contribution in [2.45, 2.75) is 0 Å². The summed E-state index contributed by atoms with van der Waals surface area (Å²) in [5.41, 5.74) is -0.215. The lowest BCUT2D eigenvalue weighted by Crippen LogP contribution is -2.13. The topological polar surface area (TPSA) is 110 Å². The fraction of sp³-hybridized carbons (Fsp3) is 0.0667. The smallest absolute Gasteiger partial charge is 0.444 e. The molecule has 0 unspecified atom stereocenters. The molecular weight excluding hydrogens is 356 g/mol. The highest BCUT2D eigenvalue weighted by Crippen LogP contribution is 2.29. The van der Waals surface area contributed by atoms with E-state index in [0.717, 1.165) is 22.9 Å². The molecule has 2 aromatic carbocycles. The number of ether oxygens (including phenoxy) is 2. The maximum Gasteiger partial charge on any atom is 0.444 e. The molecule has 0 atom stereocenters. The summed E-state index contributed by atoms with van der Waals surface area (Å²) in [5.74, 6) is -3.31. The predicted molar refractivity (Wildman–Crippen MR) is 81.7 cm³/mol. The van der Waals surface area contributed by atoms with Crippen LogP contribution in [0.25, 0.3) is 5.69 Å². The Labute approximate surface area is 143 Å². The minimum Gasteiger partial charge on any atom is -0.490 e. The van der Waals surface area contributed by atoms with Crippen molar-refractivity contribution in [2.75, 3.05) is 7.11 Å². The van der Waals surface area contributed by atoms with Crippen LogP contribution >= 0.6 is 0 Å². The number of nitro benzene ring substituents is 1. The zero-order chi connectivity index (χ0) is 18.8. The quantitative estimate of drug-likeness (QED) is 0.505. The van der Waals surface area contributed by atoms with Gasteiger partial charge in [-0.25, -0.2) is 13.6 Å². The summed E-state index contributed by atoms with van der Waals surface area (Å²) >= 11 is 0. The van der Waals surface area contributed by atoms with Crippen molar-refractivity contribution >= 4 is 5.69 Å². The Morgan fingerprint density at radius 3 is 2.62 bits per heavy atom. The van der Waals surface area contributed by atoms with E-state index in [9.17, 15) is 23.7 Å². The molecule has 134 valence electrons. The lowest BCUT2D eigenvalue weighted by Gasteiger charge is -2.04. The van der Waals surface area contributed by atoms with Crippen molar-refractivity contribution < 1.29 is 27.6 Å². The molecule has 1 heterocycles. The Bertz CT molecular complexity index is 1050. The third-order valence-corrected chi connectivity index (χ3v) is 3.22. The summed E-state index contributed by atoms with van der Waals surface area (Å²) in [4.78, 5) is 22.2. The number of rotatable bonds is 5. The molecule has 0 amide bonds. The van der Waals surface area contributed by atoms with E-state index in [1.165, 1.54) is 19.2 Å². The van der Waals surface area contributed by atoms with Gasteiger partial charge in [-0.15, -0.1) is 0 Å². The largest absolute Gasteiger partial charge is 0.490 e. The second-order valence-corrected chi connectivity index (χ2v) is 4.84. The molecule has 11 heteroatoms. The Hall–Kier alpha value is -3.76. The molecule has 3 aromatic rings. The van der Waals surface area contributed by atoms with Crippen LogP contribution in [-0.4, -0.2) is 21.8 Å². The third kappa shape index (κ3) is 3.22. The Balaban J connectivity index is 1.96. The van der Waals surface area contributed by atoms with E-state index in [0.29, 0.717) is 6.07 Å². The van der Waals surface area contributed by atoms with E-state index in [4.69, 9.17) is 13.9 Å². The summed E-state index contributed by atoms with van der Waals surface area (Å²) in [6.07, 6.45) is -0.599. The number of hydrogen-bond donors (Lipinski definition) is 0. The van der Waals surface area contributed by atoms with Gasteiger partial charge < -0.3 is 13.9 Å². The monoisotopic (exact) mass is 365 g/mol. The van der Waals surface area contributed by atoms with E-state index >= 15 is 0 Å². The molecule has 0 bridgehead atoms. The van der Waals surface area contributed by atoms with E-state index in [2.05, 4.69) is 5.10 Å². The average Bonchev–Trinajstić information content (AvgIpc) is 2.97. The summed E-state index contributed by atoms with van der Waals surface area (Å²) in [6.45, 7) is 0. The van der Waals surface area contributed by atoms with E-state index in [1.807, 2.05) is 0 Å². The van der Waals surface area contributed by atoms with Crippen molar-refractivity contribution in [1.82, 2.24) is 9.78 Å². The molecule has 0 saturated carbocycles. The number of halogens is 2. The molecule has 1 aromatic heterocycles. The standard InChI is InChI=1S/C15H9F2N3O6/c1-24-13-7-9(3-4-11(13)20(22)23)19-15(21)26-14(18-19)25-12-5-2-8(16)6-10(12)17/h2-7H,1H3. The second-order valence-electron chi connectivity index (χ2n) is 4.84. The highest BCUT2D eigenvalue weighted by atomic mass is 19.1. The molecule has 0 aliphatic rings. The average molecular weight is 365 g/mol. The third-order valence-electron chi connectivity index (χ3n) is 3.22.